The summed E-state index contributed by atoms with van der Waals surface area (Å²) in [4.78, 5) is 14.9. The normalized spacial score (nSPS) is 10.7. The number of carboxylic acid groups (broad SMARTS) is 1. The molecule has 0 bridgehead atoms. The van der Waals surface area contributed by atoms with E-state index in [1.54, 1.807) is 18.2 Å². The summed E-state index contributed by atoms with van der Waals surface area (Å²) < 4.78 is 2.54. The molecular weight excluding hydrogens is 248 g/mol. The van der Waals surface area contributed by atoms with Gasteiger partial charge in [-0.05, 0) is 34.1 Å². The first kappa shape index (κ1) is 9.21. The van der Waals surface area contributed by atoms with Crippen LogP contribution in [0.15, 0.2) is 22.9 Å². The molecule has 0 aliphatic rings. The number of imidazole rings is 1. The maximum Gasteiger partial charge on any atom is 0.335 e. The predicted molar refractivity (Wildman–Crippen MR) is 55.4 cm³/mol. The lowest BCUT2D eigenvalue weighted by atomic mass is 10.2. The number of carbonyl (C=O) groups is 1. The van der Waals surface area contributed by atoms with Gasteiger partial charge in [-0.3, -0.25) is 0 Å². The van der Waals surface area contributed by atoms with E-state index in [1.807, 2.05) is 11.6 Å². The van der Waals surface area contributed by atoms with Gasteiger partial charge in [-0.25, -0.2) is 9.78 Å². The van der Waals surface area contributed by atoms with Crippen molar-refractivity contribution in [3.8, 4) is 0 Å². The molecule has 0 atom stereocenters. The number of nitrogens with zero attached hydrogens (tertiary/aromatic N) is 2. The van der Waals surface area contributed by atoms with Crippen LogP contribution < -0.4 is 0 Å². The molecule has 0 radical (unpaired) electrons. The molecule has 0 spiro atoms. The average molecular weight is 255 g/mol. The van der Waals surface area contributed by atoms with Gasteiger partial charge in [-0.15, -0.1) is 0 Å². The van der Waals surface area contributed by atoms with Gasteiger partial charge < -0.3 is 9.67 Å². The zero-order chi connectivity index (χ0) is 10.3. The minimum atomic E-state index is -0.936. The van der Waals surface area contributed by atoms with Gasteiger partial charge >= 0.3 is 5.97 Å². The molecule has 0 amide bonds. The van der Waals surface area contributed by atoms with Gasteiger partial charge in [-0.1, -0.05) is 0 Å². The lowest BCUT2D eigenvalue weighted by molar-refractivity contribution is 0.0697. The molecule has 2 rings (SSSR count). The Morgan fingerprint density at radius 1 is 1.57 bits per heavy atom. The van der Waals surface area contributed by atoms with E-state index in [2.05, 4.69) is 20.9 Å². The fraction of sp³-hybridized carbons (Fsp3) is 0.111. The Morgan fingerprint density at radius 3 is 2.93 bits per heavy atom. The van der Waals surface area contributed by atoms with Crippen LogP contribution in [-0.4, -0.2) is 20.6 Å². The summed E-state index contributed by atoms with van der Waals surface area (Å²) in [7, 11) is 1.86. The van der Waals surface area contributed by atoms with Crippen molar-refractivity contribution in [3.63, 3.8) is 0 Å². The van der Waals surface area contributed by atoms with E-state index in [-0.39, 0.29) is 5.56 Å². The van der Waals surface area contributed by atoms with Crippen LogP contribution in [0.1, 0.15) is 10.4 Å². The Balaban J connectivity index is 2.73. The first-order valence-corrected chi connectivity index (χ1v) is 4.74. The van der Waals surface area contributed by atoms with Crippen LogP contribution in [0.5, 0.6) is 0 Å². The Bertz CT molecular complexity index is 519. The minimum Gasteiger partial charge on any atom is -0.478 e. The maximum absolute atomic E-state index is 10.7. The molecule has 1 heterocycles. The number of hydrogen-bond donors (Lipinski definition) is 1. The molecule has 2 aromatic rings. The minimum absolute atomic E-state index is 0.253. The second-order valence-electron chi connectivity index (χ2n) is 2.95. The third-order valence-corrected chi connectivity index (χ3v) is 2.78. The molecule has 5 heteroatoms. The van der Waals surface area contributed by atoms with Crippen molar-refractivity contribution < 1.29 is 9.90 Å². The summed E-state index contributed by atoms with van der Waals surface area (Å²) in [5, 5.41) is 8.77. The molecule has 4 nitrogen and oxygen atoms in total. The number of aryl methyl sites for hydroxylation is 1. The molecular formula is C9H7BrN2O2. The molecule has 1 aromatic heterocycles. The fourth-order valence-corrected chi connectivity index (χ4v) is 1.69. The van der Waals surface area contributed by atoms with Crippen molar-refractivity contribution >= 4 is 32.9 Å². The standard InChI is InChI=1S/C9H7BrN2O2/c1-12-7-3-2-5(8(13)14)4-6(7)11-9(12)10/h2-4H,1H3,(H,13,14). The first-order valence-electron chi connectivity index (χ1n) is 3.95. The summed E-state index contributed by atoms with van der Waals surface area (Å²) in [5.74, 6) is -0.936. The van der Waals surface area contributed by atoms with E-state index in [9.17, 15) is 4.79 Å². The molecule has 0 aliphatic heterocycles. The van der Waals surface area contributed by atoms with Crippen LogP contribution in [0.4, 0.5) is 0 Å². The number of halogens is 1. The van der Waals surface area contributed by atoms with Gasteiger partial charge in [0, 0.05) is 7.05 Å². The number of rotatable bonds is 1. The Hall–Kier alpha value is -1.36. The second kappa shape index (κ2) is 3.09. The maximum atomic E-state index is 10.7. The molecule has 72 valence electrons. The molecule has 0 fully saturated rings. The number of carboxylic acids is 1. The quantitative estimate of drug-likeness (QED) is 0.848. The third-order valence-electron chi connectivity index (χ3n) is 2.07. The fourth-order valence-electron chi connectivity index (χ4n) is 1.30. The summed E-state index contributed by atoms with van der Waals surface area (Å²) in [6.07, 6.45) is 0. The second-order valence-corrected chi connectivity index (χ2v) is 3.66. The van der Waals surface area contributed by atoms with Crippen molar-refractivity contribution in [2.45, 2.75) is 0 Å². The predicted octanol–water partition coefficient (Wildman–Crippen LogP) is 2.03. The van der Waals surface area contributed by atoms with Crippen LogP contribution in [0.25, 0.3) is 11.0 Å². The van der Waals surface area contributed by atoms with Crippen molar-refractivity contribution in [2.24, 2.45) is 7.05 Å². The lowest BCUT2D eigenvalue weighted by Crippen LogP contribution is -1.95. The summed E-state index contributed by atoms with van der Waals surface area (Å²) in [6.45, 7) is 0. The highest BCUT2D eigenvalue weighted by Gasteiger charge is 2.08. The third kappa shape index (κ3) is 1.29. The number of aromatic nitrogens is 2. The Labute approximate surface area is 88.3 Å². The highest BCUT2D eigenvalue weighted by molar-refractivity contribution is 9.10. The SMILES string of the molecule is Cn1c(Br)nc2cc(C(=O)O)ccc21. The van der Waals surface area contributed by atoms with Crippen molar-refractivity contribution in [3.05, 3.63) is 28.5 Å². The lowest BCUT2D eigenvalue weighted by Gasteiger charge is -1.96. The smallest absolute Gasteiger partial charge is 0.335 e. The molecule has 1 aromatic carbocycles. The summed E-state index contributed by atoms with van der Waals surface area (Å²) in [5.41, 5.74) is 1.84. The molecule has 0 unspecified atom stereocenters. The van der Waals surface area contributed by atoms with Crippen LogP contribution in [0.2, 0.25) is 0 Å². The number of hydrogen-bond acceptors (Lipinski definition) is 2. The van der Waals surface area contributed by atoms with Crippen LogP contribution in [-0.2, 0) is 7.05 Å². The van der Waals surface area contributed by atoms with Gasteiger partial charge in [0.05, 0.1) is 16.6 Å². The highest BCUT2D eigenvalue weighted by atomic mass is 79.9. The molecule has 0 saturated heterocycles. The molecule has 0 saturated carbocycles. The van der Waals surface area contributed by atoms with Crippen LogP contribution in [0.3, 0.4) is 0 Å². The largest absolute Gasteiger partial charge is 0.478 e. The van der Waals surface area contributed by atoms with Gasteiger partial charge in [0.25, 0.3) is 0 Å². The molecule has 14 heavy (non-hydrogen) atoms. The van der Waals surface area contributed by atoms with Gasteiger partial charge in [-0.2, -0.15) is 0 Å². The summed E-state index contributed by atoms with van der Waals surface area (Å²) in [6, 6.07) is 4.87. The van der Waals surface area contributed by atoms with Crippen molar-refractivity contribution in [2.75, 3.05) is 0 Å². The molecule has 1 N–H and O–H groups in total. The number of benzene rings is 1. The number of aromatic carboxylic acids is 1. The van der Waals surface area contributed by atoms with E-state index in [0.717, 1.165) is 5.52 Å². The Morgan fingerprint density at radius 2 is 2.29 bits per heavy atom. The van der Waals surface area contributed by atoms with Crippen LogP contribution in [0, 0.1) is 0 Å². The topological polar surface area (TPSA) is 55.1 Å². The van der Waals surface area contributed by atoms with Crippen molar-refractivity contribution in [1.82, 2.24) is 9.55 Å². The van der Waals surface area contributed by atoms with E-state index < -0.39 is 5.97 Å². The van der Waals surface area contributed by atoms with Crippen molar-refractivity contribution in [1.29, 1.82) is 0 Å². The van der Waals surface area contributed by atoms with Gasteiger partial charge in [0.2, 0.25) is 0 Å². The molecule has 0 aliphatic carbocycles. The van der Waals surface area contributed by atoms with E-state index in [1.165, 1.54) is 0 Å². The summed E-state index contributed by atoms with van der Waals surface area (Å²) >= 11 is 3.27. The first-order chi connectivity index (χ1) is 6.59. The zero-order valence-corrected chi connectivity index (χ0v) is 8.95. The zero-order valence-electron chi connectivity index (χ0n) is 7.36. The van der Waals surface area contributed by atoms with E-state index in [0.29, 0.717) is 10.3 Å². The highest BCUT2D eigenvalue weighted by Crippen LogP contribution is 2.19. The monoisotopic (exact) mass is 254 g/mol. The van der Waals surface area contributed by atoms with Gasteiger partial charge in [0.1, 0.15) is 0 Å². The number of fused-ring (bicyclic) bond motifs is 1. The van der Waals surface area contributed by atoms with E-state index >= 15 is 0 Å². The van der Waals surface area contributed by atoms with E-state index in [4.69, 9.17) is 5.11 Å². The average Bonchev–Trinajstić information content (AvgIpc) is 2.42. The van der Waals surface area contributed by atoms with Gasteiger partial charge in [0.15, 0.2) is 4.73 Å². The van der Waals surface area contributed by atoms with Crippen LogP contribution >= 0.6 is 15.9 Å². The Kier molecular flexibility index (Phi) is 2.03.